The Balaban J connectivity index is 2.22. The summed E-state index contributed by atoms with van der Waals surface area (Å²) in [5.74, 6) is 0.251. The Morgan fingerprint density at radius 1 is 1.31 bits per heavy atom. The van der Waals surface area contributed by atoms with Gasteiger partial charge in [-0.05, 0) is 26.7 Å². The zero-order chi connectivity index (χ0) is 11.7. The van der Waals surface area contributed by atoms with Gasteiger partial charge in [-0.1, -0.05) is 0 Å². The van der Waals surface area contributed by atoms with E-state index < -0.39 is 0 Å². The molecule has 1 saturated carbocycles. The lowest BCUT2D eigenvalue weighted by atomic mass is 10.2. The third kappa shape index (κ3) is 2.13. The summed E-state index contributed by atoms with van der Waals surface area (Å²) in [6, 6.07) is 0.333. The van der Waals surface area contributed by atoms with Crippen LogP contribution in [0.25, 0.3) is 0 Å². The van der Waals surface area contributed by atoms with Gasteiger partial charge in [-0.3, -0.25) is 4.79 Å². The Kier molecular flexibility index (Phi) is 2.77. The quantitative estimate of drug-likeness (QED) is 0.839. The maximum Gasteiger partial charge on any atom is 0.316 e. The normalized spacial score (nSPS) is 14.7. The Morgan fingerprint density at radius 2 is 1.88 bits per heavy atom. The summed E-state index contributed by atoms with van der Waals surface area (Å²) in [5.41, 5.74) is 2.18. The number of carbonyl (C=O) groups excluding carboxylic acids is 1. The SMILES string of the molecule is COc1nc(C)c(NC(=O)C2CC2)c(C)n1. The molecule has 5 nitrogen and oxygen atoms in total. The third-order valence-corrected chi connectivity index (χ3v) is 2.63. The van der Waals surface area contributed by atoms with Crippen molar-refractivity contribution in [3.8, 4) is 6.01 Å². The number of aryl methyl sites for hydroxylation is 2. The number of hydrogen-bond donors (Lipinski definition) is 1. The third-order valence-electron chi connectivity index (χ3n) is 2.63. The minimum absolute atomic E-state index is 0.0694. The van der Waals surface area contributed by atoms with E-state index in [1.807, 2.05) is 13.8 Å². The van der Waals surface area contributed by atoms with Gasteiger partial charge in [0.1, 0.15) is 0 Å². The molecule has 0 atom stereocenters. The van der Waals surface area contributed by atoms with Gasteiger partial charge in [-0.15, -0.1) is 0 Å². The first kappa shape index (κ1) is 10.9. The molecule has 0 aromatic carbocycles. The van der Waals surface area contributed by atoms with Gasteiger partial charge < -0.3 is 10.1 Å². The van der Waals surface area contributed by atoms with E-state index in [0.717, 1.165) is 24.2 Å². The van der Waals surface area contributed by atoms with Crippen LogP contribution in [0.15, 0.2) is 0 Å². The maximum atomic E-state index is 11.6. The molecule has 0 spiro atoms. The molecule has 1 heterocycles. The van der Waals surface area contributed by atoms with Gasteiger partial charge in [-0.2, -0.15) is 9.97 Å². The molecule has 1 N–H and O–H groups in total. The molecule has 2 rings (SSSR count). The highest BCUT2D eigenvalue weighted by Gasteiger charge is 2.30. The van der Waals surface area contributed by atoms with Crippen LogP contribution < -0.4 is 10.1 Å². The molecule has 1 fully saturated rings. The van der Waals surface area contributed by atoms with Crippen LogP contribution in [0.4, 0.5) is 5.69 Å². The lowest BCUT2D eigenvalue weighted by Gasteiger charge is -2.10. The highest BCUT2D eigenvalue weighted by molar-refractivity contribution is 5.94. The smallest absolute Gasteiger partial charge is 0.316 e. The van der Waals surface area contributed by atoms with E-state index in [1.54, 1.807) is 0 Å². The highest BCUT2D eigenvalue weighted by Crippen LogP contribution is 2.31. The number of amides is 1. The van der Waals surface area contributed by atoms with Crippen molar-refractivity contribution in [3.63, 3.8) is 0 Å². The molecule has 1 amide bonds. The van der Waals surface area contributed by atoms with E-state index in [2.05, 4.69) is 15.3 Å². The van der Waals surface area contributed by atoms with E-state index in [4.69, 9.17) is 4.74 Å². The molecule has 0 aliphatic heterocycles. The molecule has 1 aromatic rings. The second kappa shape index (κ2) is 4.08. The van der Waals surface area contributed by atoms with Crippen molar-refractivity contribution < 1.29 is 9.53 Å². The summed E-state index contributed by atoms with van der Waals surface area (Å²) >= 11 is 0. The lowest BCUT2D eigenvalue weighted by molar-refractivity contribution is -0.117. The topological polar surface area (TPSA) is 64.1 Å². The summed E-state index contributed by atoms with van der Waals surface area (Å²) in [6.07, 6.45) is 1.97. The molecule has 1 aliphatic carbocycles. The number of anilines is 1. The van der Waals surface area contributed by atoms with Crippen LogP contribution in [-0.2, 0) is 4.79 Å². The van der Waals surface area contributed by atoms with E-state index in [1.165, 1.54) is 7.11 Å². The number of ether oxygens (including phenoxy) is 1. The van der Waals surface area contributed by atoms with Gasteiger partial charge in [0.15, 0.2) is 0 Å². The largest absolute Gasteiger partial charge is 0.467 e. The fourth-order valence-electron chi connectivity index (χ4n) is 1.53. The monoisotopic (exact) mass is 221 g/mol. The fourth-order valence-corrected chi connectivity index (χ4v) is 1.53. The average Bonchev–Trinajstić information content (AvgIpc) is 3.06. The van der Waals surface area contributed by atoms with Crippen molar-refractivity contribution in [1.29, 1.82) is 0 Å². The van der Waals surface area contributed by atoms with Crippen LogP contribution in [0.5, 0.6) is 6.01 Å². The molecule has 86 valence electrons. The maximum absolute atomic E-state index is 11.6. The van der Waals surface area contributed by atoms with Gasteiger partial charge in [0, 0.05) is 5.92 Å². The van der Waals surface area contributed by atoms with Gasteiger partial charge in [0.25, 0.3) is 0 Å². The molecule has 0 unspecified atom stereocenters. The van der Waals surface area contributed by atoms with Gasteiger partial charge in [0.2, 0.25) is 5.91 Å². The van der Waals surface area contributed by atoms with Crippen molar-refractivity contribution in [3.05, 3.63) is 11.4 Å². The first-order valence-corrected chi connectivity index (χ1v) is 5.32. The van der Waals surface area contributed by atoms with Crippen LogP contribution in [0, 0.1) is 19.8 Å². The predicted molar refractivity (Wildman–Crippen MR) is 59.4 cm³/mol. The van der Waals surface area contributed by atoms with Crippen LogP contribution in [0.3, 0.4) is 0 Å². The Morgan fingerprint density at radius 3 is 2.31 bits per heavy atom. The number of aromatic nitrogens is 2. The molecule has 16 heavy (non-hydrogen) atoms. The minimum Gasteiger partial charge on any atom is -0.467 e. The van der Waals surface area contributed by atoms with Crippen molar-refractivity contribution in [2.24, 2.45) is 5.92 Å². The molecule has 5 heteroatoms. The zero-order valence-corrected chi connectivity index (χ0v) is 9.70. The van der Waals surface area contributed by atoms with Crippen molar-refractivity contribution in [1.82, 2.24) is 9.97 Å². The number of nitrogens with one attached hydrogen (secondary N) is 1. The lowest BCUT2D eigenvalue weighted by Crippen LogP contribution is -2.16. The molecule has 1 aliphatic rings. The summed E-state index contributed by atoms with van der Waals surface area (Å²) in [7, 11) is 1.52. The van der Waals surface area contributed by atoms with Crippen molar-refractivity contribution >= 4 is 11.6 Å². The summed E-state index contributed by atoms with van der Waals surface area (Å²) < 4.78 is 4.96. The summed E-state index contributed by atoms with van der Waals surface area (Å²) in [5, 5.41) is 2.87. The Bertz CT molecular complexity index is 404. The van der Waals surface area contributed by atoms with Crippen LogP contribution in [0.2, 0.25) is 0 Å². The highest BCUT2D eigenvalue weighted by atomic mass is 16.5. The van der Waals surface area contributed by atoms with E-state index in [0.29, 0.717) is 11.7 Å². The molecular weight excluding hydrogens is 206 g/mol. The first-order chi connectivity index (χ1) is 7.61. The number of rotatable bonds is 3. The van der Waals surface area contributed by atoms with E-state index in [-0.39, 0.29) is 11.8 Å². The fraction of sp³-hybridized carbons (Fsp3) is 0.545. The molecule has 0 saturated heterocycles. The molecule has 1 aromatic heterocycles. The average molecular weight is 221 g/mol. The number of carbonyl (C=O) groups is 1. The van der Waals surface area contributed by atoms with Crippen molar-refractivity contribution in [2.45, 2.75) is 26.7 Å². The Hall–Kier alpha value is -1.65. The second-order valence-corrected chi connectivity index (χ2v) is 4.02. The Labute approximate surface area is 94.2 Å². The molecular formula is C11H15N3O2. The standard InChI is InChI=1S/C11H15N3O2/c1-6-9(14-10(15)8-4-5-8)7(2)13-11(12-6)16-3/h8H,4-5H2,1-3H3,(H,14,15). The first-order valence-electron chi connectivity index (χ1n) is 5.32. The number of methoxy groups -OCH3 is 1. The summed E-state index contributed by atoms with van der Waals surface area (Å²) in [4.78, 5) is 19.9. The molecule has 0 radical (unpaired) electrons. The van der Waals surface area contributed by atoms with Gasteiger partial charge in [-0.25, -0.2) is 0 Å². The number of hydrogen-bond acceptors (Lipinski definition) is 4. The minimum atomic E-state index is 0.0694. The van der Waals surface area contributed by atoms with Crippen LogP contribution >= 0.6 is 0 Å². The van der Waals surface area contributed by atoms with Crippen LogP contribution in [0.1, 0.15) is 24.2 Å². The summed E-state index contributed by atoms with van der Waals surface area (Å²) in [6.45, 7) is 3.67. The van der Waals surface area contributed by atoms with Gasteiger partial charge >= 0.3 is 6.01 Å². The van der Waals surface area contributed by atoms with Crippen molar-refractivity contribution in [2.75, 3.05) is 12.4 Å². The zero-order valence-electron chi connectivity index (χ0n) is 9.70. The van der Waals surface area contributed by atoms with Gasteiger partial charge in [0.05, 0.1) is 24.2 Å². The number of nitrogens with zero attached hydrogens (tertiary/aromatic N) is 2. The molecule has 0 bridgehead atoms. The van der Waals surface area contributed by atoms with E-state index >= 15 is 0 Å². The predicted octanol–water partition coefficient (Wildman–Crippen LogP) is 1.45. The second-order valence-electron chi connectivity index (χ2n) is 4.02. The van der Waals surface area contributed by atoms with E-state index in [9.17, 15) is 4.79 Å². The van der Waals surface area contributed by atoms with Crippen LogP contribution in [-0.4, -0.2) is 23.0 Å².